The first-order chi connectivity index (χ1) is 9.06. The maximum Gasteiger partial charge on any atom is 0.271 e. The van der Waals surface area contributed by atoms with Crippen molar-refractivity contribution in [3.8, 4) is 11.8 Å². The van der Waals surface area contributed by atoms with Crippen LogP contribution in [-0.4, -0.2) is 29.1 Å². The van der Waals surface area contributed by atoms with E-state index in [0.717, 1.165) is 0 Å². The molecular formula is C15H20N2O2. The van der Waals surface area contributed by atoms with Crippen LogP contribution in [0.1, 0.15) is 36.8 Å². The topological polar surface area (TPSA) is 62.2 Å². The van der Waals surface area contributed by atoms with E-state index < -0.39 is 0 Å². The Morgan fingerprint density at radius 2 is 2.21 bits per heavy atom. The molecule has 19 heavy (non-hydrogen) atoms. The lowest BCUT2D eigenvalue weighted by Gasteiger charge is -2.16. The van der Waals surface area contributed by atoms with Crippen LogP contribution in [0.2, 0.25) is 0 Å². The fraction of sp³-hybridized carbons (Fsp3) is 0.467. The van der Waals surface area contributed by atoms with Crippen molar-refractivity contribution in [1.29, 1.82) is 0 Å². The molecule has 0 bridgehead atoms. The maximum atomic E-state index is 12.1. The maximum absolute atomic E-state index is 12.1. The summed E-state index contributed by atoms with van der Waals surface area (Å²) in [6.07, 6.45) is 1.56. The van der Waals surface area contributed by atoms with E-state index in [-0.39, 0.29) is 12.5 Å². The predicted octanol–water partition coefficient (Wildman–Crippen LogP) is 1.45. The Bertz CT molecular complexity index is 486. The second-order valence-corrected chi connectivity index (χ2v) is 4.79. The van der Waals surface area contributed by atoms with Gasteiger partial charge in [-0.25, -0.2) is 4.98 Å². The highest BCUT2D eigenvalue weighted by Crippen LogP contribution is 2.09. The Balaban J connectivity index is 2.77. The van der Waals surface area contributed by atoms with Gasteiger partial charge in [-0.15, -0.1) is 0 Å². The Hall–Kier alpha value is -1.86. The van der Waals surface area contributed by atoms with Gasteiger partial charge in [-0.05, 0) is 24.0 Å². The van der Waals surface area contributed by atoms with Crippen molar-refractivity contribution in [3.63, 3.8) is 0 Å². The minimum atomic E-state index is -0.236. The molecule has 0 fully saturated rings. The number of aliphatic hydroxyl groups is 1. The predicted molar refractivity (Wildman–Crippen MR) is 74.5 cm³/mol. The lowest BCUT2D eigenvalue weighted by molar-refractivity contribution is 0.0939. The van der Waals surface area contributed by atoms with E-state index in [9.17, 15) is 4.79 Å². The number of carbonyl (C=O) groups is 1. The number of hydrogen-bond donors (Lipinski definition) is 2. The van der Waals surface area contributed by atoms with Gasteiger partial charge in [0.2, 0.25) is 0 Å². The summed E-state index contributed by atoms with van der Waals surface area (Å²) in [6.45, 7) is 6.71. The van der Waals surface area contributed by atoms with E-state index in [1.165, 1.54) is 0 Å². The highest BCUT2D eigenvalue weighted by molar-refractivity contribution is 5.94. The van der Waals surface area contributed by atoms with Crippen LogP contribution >= 0.6 is 0 Å². The van der Waals surface area contributed by atoms with Gasteiger partial charge >= 0.3 is 0 Å². The van der Waals surface area contributed by atoms with Gasteiger partial charge in [0.15, 0.2) is 0 Å². The number of rotatable bonds is 4. The number of nitrogens with one attached hydrogen (secondary N) is 1. The molecule has 0 radical (unpaired) electrons. The Kier molecular flexibility index (Phi) is 6.04. The highest BCUT2D eigenvalue weighted by Gasteiger charge is 2.13. The smallest absolute Gasteiger partial charge is 0.271 e. The molecule has 1 aromatic heterocycles. The third kappa shape index (κ3) is 4.72. The summed E-state index contributed by atoms with van der Waals surface area (Å²) in [4.78, 5) is 16.1. The second kappa shape index (κ2) is 7.55. The van der Waals surface area contributed by atoms with Crippen molar-refractivity contribution >= 4 is 5.91 Å². The van der Waals surface area contributed by atoms with Crippen molar-refractivity contribution in [2.24, 2.45) is 11.8 Å². The number of pyridine rings is 1. The molecule has 0 aromatic carbocycles. The zero-order valence-corrected chi connectivity index (χ0v) is 11.6. The normalized spacial score (nSPS) is 11.6. The Morgan fingerprint density at radius 1 is 1.47 bits per heavy atom. The molecule has 4 nitrogen and oxygen atoms in total. The molecule has 4 heteroatoms. The third-order valence-corrected chi connectivity index (χ3v) is 3.05. The Labute approximate surface area is 114 Å². The number of nitrogens with zero attached hydrogens (tertiary/aromatic N) is 1. The monoisotopic (exact) mass is 260 g/mol. The van der Waals surface area contributed by atoms with Crippen molar-refractivity contribution < 1.29 is 9.90 Å². The zero-order valence-electron chi connectivity index (χ0n) is 11.6. The van der Waals surface area contributed by atoms with Crippen molar-refractivity contribution in [3.05, 3.63) is 29.6 Å². The lowest BCUT2D eigenvalue weighted by Crippen LogP contribution is -2.31. The first-order valence-corrected chi connectivity index (χ1v) is 6.39. The van der Waals surface area contributed by atoms with Crippen LogP contribution in [0.25, 0.3) is 0 Å². The molecule has 0 saturated heterocycles. The van der Waals surface area contributed by atoms with Crippen molar-refractivity contribution in [1.82, 2.24) is 10.3 Å². The van der Waals surface area contributed by atoms with Gasteiger partial charge in [-0.2, -0.15) is 0 Å². The molecule has 1 atom stereocenters. The van der Waals surface area contributed by atoms with Crippen LogP contribution in [0.3, 0.4) is 0 Å². The number of aliphatic hydroxyl groups excluding tert-OH is 1. The van der Waals surface area contributed by atoms with Gasteiger partial charge in [0.25, 0.3) is 5.91 Å². The van der Waals surface area contributed by atoms with E-state index in [0.29, 0.717) is 29.6 Å². The summed E-state index contributed by atoms with van der Waals surface area (Å²) >= 11 is 0. The molecule has 0 spiro atoms. The summed E-state index contributed by atoms with van der Waals surface area (Å²) in [7, 11) is 0. The molecule has 1 unspecified atom stereocenters. The summed E-state index contributed by atoms with van der Waals surface area (Å²) < 4.78 is 0. The summed E-state index contributed by atoms with van der Waals surface area (Å²) in [5.41, 5.74) is 0.839. The number of aromatic nitrogens is 1. The minimum absolute atomic E-state index is 0.227. The molecule has 102 valence electrons. The van der Waals surface area contributed by atoms with Crippen molar-refractivity contribution in [2.75, 3.05) is 13.2 Å². The van der Waals surface area contributed by atoms with Gasteiger partial charge < -0.3 is 10.4 Å². The molecule has 0 aliphatic rings. The van der Waals surface area contributed by atoms with Gasteiger partial charge in [0.05, 0.1) is 5.56 Å². The van der Waals surface area contributed by atoms with E-state index in [1.54, 1.807) is 18.3 Å². The van der Waals surface area contributed by atoms with Gasteiger partial charge in [0.1, 0.15) is 12.3 Å². The minimum Gasteiger partial charge on any atom is -0.384 e. The first kappa shape index (κ1) is 15.2. The number of amides is 1. The van der Waals surface area contributed by atoms with Crippen LogP contribution < -0.4 is 5.32 Å². The average Bonchev–Trinajstić information content (AvgIpc) is 2.42. The SMILES string of the molecule is CC(C)C(C)CNC(=O)c1ncccc1C#CCO. The van der Waals surface area contributed by atoms with E-state index >= 15 is 0 Å². The molecule has 0 aliphatic carbocycles. The zero-order chi connectivity index (χ0) is 14.3. The molecular weight excluding hydrogens is 240 g/mol. The van der Waals surface area contributed by atoms with Crippen LogP contribution in [0.15, 0.2) is 18.3 Å². The number of carbonyl (C=O) groups excluding carboxylic acids is 1. The summed E-state index contributed by atoms with van der Waals surface area (Å²) in [5, 5.41) is 11.6. The van der Waals surface area contributed by atoms with Gasteiger partial charge in [-0.1, -0.05) is 32.6 Å². The number of hydrogen-bond acceptors (Lipinski definition) is 3. The fourth-order valence-corrected chi connectivity index (χ4v) is 1.39. The molecule has 1 aromatic rings. The van der Waals surface area contributed by atoms with Crippen LogP contribution in [0, 0.1) is 23.7 Å². The second-order valence-electron chi connectivity index (χ2n) is 4.79. The van der Waals surface area contributed by atoms with Crippen LogP contribution in [-0.2, 0) is 0 Å². The van der Waals surface area contributed by atoms with Crippen LogP contribution in [0.5, 0.6) is 0 Å². The van der Waals surface area contributed by atoms with Crippen molar-refractivity contribution in [2.45, 2.75) is 20.8 Å². The molecule has 1 amide bonds. The quantitative estimate of drug-likeness (QED) is 0.805. The van der Waals surface area contributed by atoms with E-state index in [4.69, 9.17) is 5.11 Å². The van der Waals surface area contributed by atoms with Gasteiger partial charge in [0, 0.05) is 12.7 Å². The standard InChI is InChI=1S/C15H20N2O2/c1-11(2)12(3)10-17-15(19)14-13(7-5-9-18)6-4-8-16-14/h4,6,8,11-12,18H,9-10H2,1-3H3,(H,17,19). The summed E-state index contributed by atoms with van der Waals surface area (Å²) in [5.74, 6) is 5.95. The summed E-state index contributed by atoms with van der Waals surface area (Å²) in [6, 6.07) is 3.44. The first-order valence-electron chi connectivity index (χ1n) is 6.39. The molecule has 0 saturated carbocycles. The molecule has 2 N–H and O–H groups in total. The van der Waals surface area contributed by atoms with E-state index in [2.05, 4.69) is 42.9 Å². The lowest BCUT2D eigenvalue weighted by atomic mass is 9.98. The van der Waals surface area contributed by atoms with Gasteiger partial charge in [-0.3, -0.25) is 4.79 Å². The molecule has 1 rings (SSSR count). The largest absolute Gasteiger partial charge is 0.384 e. The van der Waals surface area contributed by atoms with E-state index in [1.807, 2.05) is 0 Å². The van der Waals surface area contributed by atoms with Crippen LogP contribution in [0.4, 0.5) is 0 Å². The third-order valence-electron chi connectivity index (χ3n) is 3.05. The highest BCUT2D eigenvalue weighted by atomic mass is 16.2. The fourth-order valence-electron chi connectivity index (χ4n) is 1.39. The molecule has 0 aliphatic heterocycles. The molecule has 1 heterocycles. The average molecular weight is 260 g/mol. The Morgan fingerprint density at radius 3 is 2.84 bits per heavy atom.